The SMILES string of the molecule is C=C(C)[C@@]1(O[Si](CC)(CC)CC)CCCC[C@@H]1CC(O)C=C(C)C. The fourth-order valence-electron chi connectivity index (χ4n) is 4.40. The second kappa shape index (κ2) is 9.35. The summed E-state index contributed by atoms with van der Waals surface area (Å²) in [6.45, 7) is 17.5. The van der Waals surface area contributed by atoms with E-state index >= 15 is 0 Å². The van der Waals surface area contributed by atoms with Crippen LogP contribution in [0.4, 0.5) is 0 Å². The Morgan fingerprint density at radius 3 is 2.25 bits per heavy atom. The Labute approximate surface area is 151 Å². The van der Waals surface area contributed by atoms with E-state index in [4.69, 9.17) is 4.43 Å². The van der Waals surface area contributed by atoms with Crippen molar-refractivity contribution in [2.24, 2.45) is 5.92 Å². The Bertz CT molecular complexity index is 427. The van der Waals surface area contributed by atoms with Gasteiger partial charge in [-0.2, -0.15) is 0 Å². The van der Waals surface area contributed by atoms with Crippen molar-refractivity contribution in [1.82, 2.24) is 0 Å². The average Bonchev–Trinajstić information content (AvgIpc) is 2.53. The summed E-state index contributed by atoms with van der Waals surface area (Å²) in [6.07, 6.45) is 7.07. The fourth-order valence-corrected chi connectivity index (χ4v) is 7.55. The first kappa shape index (κ1) is 21.7. The maximum atomic E-state index is 10.5. The molecule has 1 fully saturated rings. The van der Waals surface area contributed by atoms with E-state index in [2.05, 4.69) is 48.1 Å². The molecule has 0 heterocycles. The highest BCUT2D eigenvalue weighted by atomic mass is 28.4. The lowest BCUT2D eigenvalue weighted by Gasteiger charge is -2.50. The highest BCUT2D eigenvalue weighted by Crippen LogP contribution is 2.47. The van der Waals surface area contributed by atoms with Crippen molar-refractivity contribution in [2.45, 2.75) is 103 Å². The smallest absolute Gasteiger partial charge is 0.193 e. The van der Waals surface area contributed by atoms with E-state index in [0.717, 1.165) is 37.4 Å². The van der Waals surface area contributed by atoms with Gasteiger partial charge in [0.2, 0.25) is 0 Å². The molecule has 1 rings (SSSR count). The molecule has 3 heteroatoms. The van der Waals surface area contributed by atoms with Crippen LogP contribution < -0.4 is 0 Å². The highest BCUT2D eigenvalue weighted by molar-refractivity contribution is 6.73. The molecule has 3 atom stereocenters. The van der Waals surface area contributed by atoms with Crippen LogP contribution in [0.2, 0.25) is 18.1 Å². The van der Waals surface area contributed by atoms with Crippen LogP contribution in [0.25, 0.3) is 0 Å². The van der Waals surface area contributed by atoms with Gasteiger partial charge < -0.3 is 9.53 Å². The van der Waals surface area contributed by atoms with Crippen LogP contribution in [0.5, 0.6) is 0 Å². The summed E-state index contributed by atoms with van der Waals surface area (Å²) >= 11 is 0. The zero-order valence-corrected chi connectivity index (χ0v) is 18.0. The molecule has 0 aromatic carbocycles. The predicted octanol–water partition coefficient (Wildman–Crippen LogP) is 6.23. The molecule has 0 saturated heterocycles. The molecule has 0 amide bonds. The minimum atomic E-state index is -1.72. The summed E-state index contributed by atoms with van der Waals surface area (Å²) in [6, 6.07) is 3.49. The van der Waals surface area contributed by atoms with Crippen LogP contribution in [-0.2, 0) is 4.43 Å². The maximum absolute atomic E-state index is 10.5. The van der Waals surface area contributed by atoms with E-state index in [1.54, 1.807) is 0 Å². The van der Waals surface area contributed by atoms with E-state index in [-0.39, 0.29) is 11.7 Å². The van der Waals surface area contributed by atoms with Gasteiger partial charge in [-0.3, -0.25) is 0 Å². The highest BCUT2D eigenvalue weighted by Gasteiger charge is 2.47. The molecule has 0 aliphatic heterocycles. The first-order valence-corrected chi connectivity index (χ1v) is 12.5. The zero-order chi connectivity index (χ0) is 18.4. The Morgan fingerprint density at radius 1 is 1.21 bits per heavy atom. The van der Waals surface area contributed by atoms with Crippen molar-refractivity contribution in [3.63, 3.8) is 0 Å². The standard InChI is InChI=1S/C21H40O2Si/c1-8-24(9-2,10-3)23-21(18(6)7)14-12-11-13-19(21)16-20(22)15-17(4)5/h15,19-20,22H,6,8-14,16H2,1-5,7H3/t19-,20?,21+/m1/s1. The van der Waals surface area contributed by atoms with Gasteiger partial charge in [0.25, 0.3) is 0 Å². The molecule has 0 aromatic heterocycles. The van der Waals surface area contributed by atoms with Gasteiger partial charge in [-0.25, -0.2) is 0 Å². The van der Waals surface area contributed by atoms with Gasteiger partial charge in [0.1, 0.15) is 0 Å². The molecular weight excluding hydrogens is 312 g/mol. The second-order valence-corrected chi connectivity index (χ2v) is 12.7. The second-order valence-electron chi connectivity index (χ2n) is 8.01. The normalized spacial score (nSPS) is 26.0. The van der Waals surface area contributed by atoms with Crippen molar-refractivity contribution in [3.8, 4) is 0 Å². The molecule has 0 bridgehead atoms. The topological polar surface area (TPSA) is 29.5 Å². The van der Waals surface area contributed by atoms with Gasteiger partial charge in [-0.1, -0.05) is 51.8 Å². The number of aliphatic hydroxyl groups is 1. The van der Waals surface area contributed by atoms with Crippen molar-refractivity contribution in [2.75, 3.05) is 0 Å². The van der Waals surface area contributed by atoms with Gasteiger partial charge in [0.05, 0.1) is 11.7 Å². The summed E-state index contributed by atoms with van der Waals surface area (Å²) in [5, 5.41) is 10.5. The molecule has 0 radical (unpaired) electrons. The van der Waals surface area contributed by atoms with Crippen LogP contribution in [0.1, 0.15) is 73.6 Å². The van der Waals surface area contributed by atoms with Crippen molar-refractivity contribution < 1.29 is 9.53 Å². The number of hydrogen-bond acceptors (Lipinski definition) is 2. The monoisotopic (exact) mass is 352 g/mol. The molecule has 0 spiro atoms. The first-order chi connectivity index (χ1) is 11.2. The summed E-state index contributed by atoms with van der Waals surface area (Å²) in [5.41, 5.74) is 2.13. The molecule has 0 aromatic rings. The fraction of sp³-hybridized carbons (Fsp3) is 0.810. The van der Waals surface area contributed by atoms with Crippen molar-refractivity contribution in [3.05, 3.63) is 23.8 Å². The third-order valence-electron chi connectivity index (χ3n) is 6.12. The summed E-state index contributed by atoms with van der Waals surface area (Å²) in [7, 11) is -1.72. The Balaban J connectivity index is 3.14. The van der Waals surface area contributed by atoms with E-state index in [9.17, 15) is 5.11 Å². The van der Waals surface area contributed by atoms with Gasteiger partial charge in [-0.15, -0.1) is 0 Å². The van der Waals surface area contributed by atoms with Crippen molar-refractivity contribution >= 4 is 8.32 Å². The van der Waals surface area contributed by atoms with Crippen LogP contribution in [0, 0.1) is 5.92 Å². The Hall–Kier alpha value is -0.383. The predicted molar refractivity (Wildman–Crippen MR) is 108 cm³/mol. The summed E-state index contributed by atoms with van der Waals surface area (Å²) in [4.78, 5) is 0. The van der Waals surface area contributed by atoms with Crippen molar-refractivity contribution in [1.29, 1.82) is 0 Å². The molecule has 1 aliphatic carbocycles. The third kappa shape index (κ3) is 5.06. The van der Waals surface area contributed by atoms with Gasteiger partial charge in [0, 0.05) is 0 Å². The molecule has 140 valence electrons. The third-order valence-corrected chi connectivity index (χ3v) is 10.8. The molecule has 1 unspecified atom stereocenters. The molecule has 2 nitrogen and oxygen atoms in total. The molecule has 24 heavy (non-hydrogen) atoms. The zero-order valence-electron chi connectivity index (χ0n) is 17.0. The van der Waals surface area contributed by atoms with Crippen LogP contribution in [0.15, 0.2) is 23.8 Å². The van der Waals surface area contributed by atoms with Gasteiger partial charge in [-0.05, 0) is 69.7 Å². The van der Waals surface area contributed by atoms with Crippen LogP contribution in [-0.4, -0.2) is 25.1 Å². The number of allylic oxidation sites excluding steroid dienone is 1. The maximum Gasteiger partial charge on any atom is 0.193 e. The lowest BCUT2D eigenvalue weighted by molar-refractivity contribution is -0.0178. The number of aliphatic hydroxyl groups excluding tert-OH is 1. The van der Waals surface area contributed by atoms with E-state index in [0.29, 0.717) is 5.92 Å². The van der Waals surface area contributed by atoms with E-state index in [1.807, 2.05) is 6.08 Å². The molecule has 1 N–H and O–H groups in total. The van der Waals surface area contributed by atoms with Gasteiger partial charge in [0.15, 0.2) is 8.32 Å². The average molecular weight is 353 g/mol. The van der Waals surface area contributed by atoms with Crippen LogP contribution >= 0.6 is 0 Å². The lowest BCUT2D eigenvalue weighted by Crippen LogP contribution is -2.53. The minimum Gasteiger partial charge on any atom is -0.407 e. The quantitative estimate of drug-likeness (QED) is 0.393. The van der Waals surface area contributed by atoms with Crippen LogP contribution in [0.3, 0.4) is 0 Å². The number of rotatable bonds is 9. The van der Waals surface area contributed by atoms with E-state index < -0.39 is 8.32 Å². The summed E-state index contributed by atoms with van der Waals surface area (Å²) in [5.74, 6) is 0.380. The first-order valence-electron chi connectivity index (χ1n) is 9.94. The minimum absolute atomic E-state index is 0.219. The Morgan fingerprint density at radius 2 is 1.79 bits per heavy atom. The lowest BCUT2D eigenvalue weighted by atomic mass is 9.70. The largest absolute Gasteiger partial charge is 0.407 e. The van der Waals surface area contributed by atoms with Gasteiger partial charge >= 0.3 is 0 Å². The molecule has 1 saturated carbocycles. The molecule has 1 aliphatic rings. The summed E-state index contributed by atoms with van der Waals surface area (Å²) < 4.78 is 7.10. The Kier molecular flexibility index (Phi) is 8.44. The van der Waals surface area contributed by atoms with E-state index in [1.165, 1.54) is 24.0 Å². The number of hydrogen-bond donors (Lipinski definition) is 1. The molecular formula is C21H40O2Si.